The third-order valence-corrected chi connectivity index (χ3v) is 3.33. The summed E-state index contributed by atoms with van der Waals surface area (Å²) in [5.74, 6) is -0.0777. The lowest BCUT2D eigenvalue weighted by atomic mass is 10.1. The Bertz CT molecular complexity index is 761. The summed E-state index contributed by atoms with van der Waals surface area (Å²) in [6.45, 7) is 0. The SMILES string of the molecule is CN(C)c1ccc(C=CC(=O)C=Cc2ccc(C#N)cc2)cc1. The van der Waals surface area contributed by atoms with E-state index >= 15 is 0 Å². The Balaban J connectivity index is 1.97. The van der Waals surface area contributed by atoms with E-state index in [1.165, 1.54) is 6.08 Å². The van der Waals surface area contributed by atoms with Gasteiger partial charge in [0.15, 0.2) is 5.78 Å². The molecule has 2 aromatic carbocycles. The van der Waals surface area contributed by atoms with Crippen LogP contribution in [0, 0.1) is 11.3 Å². The molecule has 0 saturated carbocycles. The van der Waals surface area contributed by atoms with Gasteiger partial charge in [0.05, 0.1) is 11.6 Å². The number of nitrogens with zero attached hydrogens (tertiary/aromatic N) is 2. The highest BCUT2D eigenvalue weighted by Crippen LogP contribution is 2.13. The van der Waals surface area contributed by atoms with Crippen LogP contribution in [-0.4, -0.2) is 19.9 Å². The second-order valence-electron chi connectivity index (χ2n) is 5.29. The molecule has 2 rings (SSSR count). The Morgan fingerprint density at radius 3 is 1.83 bits per heavy atom. The number of allylic oxidation sites excluding steroid dienone is 2. The van der Waals surface area contributed by atoms with E-state index in [1.54, 1.807) is 30.4 Å². The van der Waals surface area contributed by atoms with Gasteiger partial charge in [-0.1, -0.05) is 36.4 Å². The van der Waals surface area contributed by atoms with Crippen LogP contribution in [0.1, 0.15) is 16.7 Å². The maximum absolute atomic E-state index is 11.9. The number of benzene rings is 2. The molecule has 3 nitrogen and oxygen atoms in total. The second-order valence-corrected chi connectivity index (χ2v) is 5.29. The highest BCUT2D eigenvalue weighted by molar-refractivity contribution is 6.04. The molecule has 0 radical (unpaired) electrons. The van der Waals surface area contributed by atoms with Gasteiger partial charge in [0.2, 0.25) is 0 Å². The van der Waals surface area contributed by atoms with Gasteiger partial charge in [-0.3, -0.25) is 4.79 Å². The van der Waals surface area contributed by atoms with Gasteiger partial charge in [-0.2, -0.15) is 5.26 Å². The normalized spacial score (nSPS) is 10.8. The Labute approximate surface area is 136 Å². The molecular weight excluding hydrogens is 284 g/mol. The molecule has 0 aromatic heterocycles. The van der Waals surface area contributed by atoms with Crippen molar-refractivity contribution in [3.05, 3.63) is 77.4 Å². The van der Waals surface area contributed by atoms with Crippen molar-refractivity contribution < 1.29 is 4.79 Å². The van der Waals surface area contributed by atoms with Gasteiger partial charge in [0, 0.05) is 19.8 Å². The Kier molecular flexibility index (Phi) is 5.49. The molecule has 0 fully saturated rings. The van der Waals surface area contributed by atoms with Crippen molar-refractivity contribution in [1.29, 1.82) is 5.26 Å². The zero-order valence-corrected chi connectivity index (χ0v) is 13.2. The minimum Gasteiger partial charge on any atom is -0.378 e. The maximum atomic E-state index is 11.9. The average Bonchev–Trinajstić information content (AvgIpc) is 2.59. The van der Waals surface area contributed by atoms with Crippen molar-refractivity contribution in [2.45, 2.75) is 0 Å². The van der Waals surface area contributed by atoms with Crippen molar-refractivity contribution in [2.75, 3.05) is 19.0 Å². The molecule has 0 N–H and O–H groups in total. The Morgan fingerprint density at radius 1 is 0.913 bits per heavy atom. The fourth-order valence-corrected chi connectivity index (χ4v) is 1.96. The molecule has 0 saturated heterocycles. The zero-order chi connectivity index (χ0) is 16.7. The molecule has 2 aromatic rings. The van der Waals surface area contributed by atoms with E-state index in [2.05, 4.69) is 6.07 Å². The van der Waals surface area contributed by atoms with Gasteiger partial charge in [-0.05, 0) is 47.5 Å². The van der Waals surface area contributed by atoms with Crippen LogP contribution in [0.25, 0.3) is 12.2 Å². The van der Waals surface area contributed by atoms with Crippen molar-refractivity contribution in [3.8, 4) is 6.07 Å². The molecule has 0 bridgehead atoms. The first kappa shape index (κ1) is 16.3. The molecule has 0 atom stereocenters. The molecule has 0 heterocycles. The Morgan fingerprint density at radius 2 is 1.39 bits per heavy atom. The lowest BCUT2D eigenvalue weighted by Crippen LogP contribution is -2.07. The topological polar surface area (TPSA) is 44.1 Å². The van der Waals surface area contributed by atoms with E-state index in [0.717, 1.165) is 16.8 Å². The number of carbonyl (C=O) groups is 1. The van der Waals surface area contributed by atoms with Gasteiger partial charge in [-0.25, -0.2) is 0 Å². The quantitative estimate of drug-likeness (QED) is 0.786. The van der Waals surface area contributed by atoms with Crippen LogP contribution in [0.3, 0.4) is 0 Å². The van der Waals surface area contributed by atoms with Gasteiger partial charge < -0.3 is 4.90 Å². The van der Waals surface area contributed by atoms with Gasteiger partial charge >= 0.3 is 0 Å². The minimum absolute atomic E-state index is 0.0777. The van der Waals surface area contributed by atoms with Crippen LogP contribution in [-0.2, 0) is 4.79 Å². The predicted molar refractivity (Wildman–Crippen MR) is 95.0 cm³/mol. The van der Waals surface area contributed by atoms with Gasteiger partial charge in [0.25, 0.3) is 0 Å². The minimum atomic E-state index is -0.0777. The second kappa shape index (κ2) is 7.77. The fourth-order valence-electron chi connectivity index (χ4n) is 1.96. The van der Waals surface area contributed by atoms with E-state index in [4.69, 9.17) is 5.26 Å². The summed E-state index contributed by atoms with van der Waals surface area (Å²) in [6, 6.07) is 17.1. The number of hydrogen-bond donors (Lipinski definition) is 0. The smallest absolute Gasteiger partial charge is 0.178 e. The van der Waals surface area contributed by atoms with Crippen molar-refractivity contribution in [2.24, 2.45) is 0 Å². The highest BCUT2D eigenvalue weighted by Gasteiger charge is 1.95. The van der Waals surface area contributed by atoms with E-state index < -0.39 is 0 Å². The number of hydrogen-bond acceptors (Lipinski definition) is 3. The van der Waals surface area contributed by atoms with Crippen LogP contribution in [0.2, 0.25) is 0 Å². The summed E-state index contributed by atoms with van der Waals surface area (Å²) in [5, 5.41) is 8.74. The van der Waals surface area contributed by atoms with Crippen molar-refractivity contribution in [3.63, 3.8) is 0 Å². The highest BCUT2D eigenvalue weighted by atomic mass is 16.1. The largest absolute Gasteiger partial charge is 0.378 e. The molecule has 0 aliphatic rings. The van der Waals surface area contributed by atoms with Gasteiger partial charge in [-0.15, -0.1) is 0 Å². The number of ketones is 1. The summed E-state index contributed by atoms with van der Waals surface area (Å²) >= 11 is 0. The number of carbonyl (C=O) groups excluding carboxylic acids is 1. The summed E-state index contributed by atoms with van der Waals surface area (Å²) < 4.78 is 0. The van der Waals surface area contributed by atoms with Crippen molar-refractivity contribution >= 4 is 23.6 Å². The van der Waals surface area contributed by atoms with E-state index in [1.807, 2.05) is 55.4 Å². The number of nitriles is 1. The number of anilines is 1. The molecule has 3 heteroatoms. The van der Waals surface area contributed by atoms with Crippen molar-refractivity contribution in [1.82, 2.24) is 0 Å². The van der Waals surface area contributed by atoms with E-state index in [9.17, 15) is 4.79 Å². The molecule has 0 aliphatic heterocycles. The Hall–Kier alpha value is -3.12. The summed E-state index contributed by atoms with van der Waals surface area (Å²) in [6.07, 6.45) is 6.60. The molecule has 114 valence electrons. The predicted octanol–water partition coefficient (Wildman–Crippen LogP) is 3.92. The molecular formula is C20H18N2O. The molecule has 0 aliphatic carbocycles. The summed E-state index contributed by atoms with van der Waals surface area (Å²) in [4.78, 5) is 13.9. The first-order valence-electron chi connectivity index (χ1n) is 7.26. The third-order valence-electron chi connectivity index (χ3n) is 3.33. The summed E-state index contributed by atoms with van der Waals surface area (Å²) in [5.41, 5.74) is 3.60. The molecule has 0 spiro atoms. The number of rotatable bonds is 5. The zero-order valence-electron chi connectivity index (χ0n) is 13.2. The van der Waals surface area contributed by atoms with Crippen LogP contribution >= 0.6 is 0 Å². The van der Waals surface area contributed by atoms with Crippen LogP contribution in [0.5, 0.6) is 0 Å². The molecule has 0 amide bonds. The standard InChI is InChI=1S/C20H18N2O/c1-22(2)19-11-7-17(8-12-19)10-14-20(23)13-9-16-3-5-18(15-21)6-4-16/h3-14H,1-2H3. The first-order chi connectivity index (χ1) is 11.1. The van der Waals surface area contributed by atoms with Gasteiger partial charge in [0.1, 0.15) is 0 Å². The maximum Gasteiger partial charge on any atom is 0.178 e. The first-order valence-corrected chi connectivity index (χ1v) is 7.26. The summed E-state index contributed by atoms with van der Waals surface area (Å²) in [7, 11) is 3.98. The third kappa shape index (κ3) is 4.98. The molecule has 0 unspecified atom stereocenters. The molecule has 23 heavy (non-hydrogen) atoms. The average molecular weight is 302 g/mol. The fraction of sp³-hybridized carbons (Fsp3) is 0.100. The van der Waals surface area contributed by atoms with Crippen LogP contribution < -0.4 is 4.90 Å². The van der Waals surface area contributed by atoms with Crippen LogP contribution in [0.4, 0.5) is 5.69 Å². The lowest BCUT2D eigenvalue weighted by molar-refractivity contribution is -0.110. The lowest BCUT2D eigenvalue weighted by Gasteiger charge is -2.11. The monoisotopic (exact) mass is 302 g/mol. The van der Waals surface area contributed by atoms with Crippen LogP contribution in [0.15, 0.2) is 60.7 Å². The van der Waals surface area contributed by atoms with E-state index in [0.29, 0.717) is 5.56 Å². The van der Waals surface area contributed by atoms with E-state index in [-0.39, 0.29) is 5.78 Å².